The van der Waals surface area contributed by atoms with Gasteiger partial charge in [-0.05, 0) is 83.9 Å². The number of aromatic nitrogens is 4. The lowest BCUT2D eigenvalue weighted by Gasteiger charge is -2.33. The molecule has 79 heavy (non-hydrogen) atoms. The Bertz CT molecular complexity index is 2790. The molecule has 8 rings (SSSR count). The van der Waals surface area contributed by atoms with E-state index < -0.39 is 24.0 Å². The third kappa shape index (κ3) is 17.4. The van der Waals surface area contributed by atoms with Crippen LogP contribution in [0, 0.1) is 0 Å². The molecule has 0 fully saturated rings. The van der Waals surface area contributed by atoms with Crippen molar-refractivity contribution in [3.8, 4) is 22.5 Å². The smallest absolute Gasteiger partial charge is 0.252 e. The molecule has 18 nitrogen and oxygen atoms in total. The molecular formula is C56H65Cl5N10O8. The predicted octanol–water partition coefficient (Wildman–Crippen LogP) is 7.34. The molecule has 422 valence electrons. The van der Waals surface area contributed by atoms with E-state index in [1.807, 2.05) is 48.5 Å². The summed E-state index contributed by atoms with van der Waals surface area (Å²) in [6.07, 6.45) is -0.902. The number of likely N-dealkylation sites (N-methyl/N-ethyl adjacent to an activating group) is 2. The molecule has 23 heteroatoms. The van der Waals surface area contributed by atoms with Gasteiger partial charge in [0.15, 0.2) is 12.2 Å². The minimum Gasteiger partial charge on any atom is -0.380 e. The lowest BCUT2D eigenvalue weighted by molar-refractivity contribution is -0.146. The maximum absolute atomic E-state index is 12.4. The van der Waals surface area contributed by atoms with Crippen LogP contribution in [-0.4, -0.2) is 170 Å². The number of anilines is 2. The van der Waals surface area contributed by atoms with Crippen LogP contribution in [0.3, 0.4) is 0 Å². The molecule has 0 unspecified atom stereocenters. The third-order valence-electron chi connectivity index (χ3n) is 13.3. The molecule has 0 spiro atoms. The zero-order valence-corrected chi connectivity index (χ0v) is 47.6. The van der Waals surface area contributed by atoms with Crippen LogP contribution in [0.25, 0.3) is 22.5 Å². The number of nitrogens with one attached hydrogen (secondary N) is 4. The molecule has 6 aromatic rings. The van der Waals surface area contributed by atoms with E-state index in [4.69, 9.17) is 65.4 Å². The Hall–Kier alpha value is -5.29. The van der Waals surface area contributed by atoms with Crippen molar-refractivity contribution >= 4 is 82.3 Å². The number of hydrogen-bond donors (Lipinski definition) is 6. The fraction of sp³-hybridized carbons (Fsp3) is 0.393. The van der Waals surface area contributed by atoms with Gasteiger partial charge in [0.1, 0.15) is 24.3 Å². The topological polar surface area (TPSA) is 218 Å². The highest BCUT2D eigenvalue weighted by Gasteiger charge is 2.31. The Labute approximate surface area is 486 Å². The van der Waals surface area contributed by atoms with Crippen molar-refractivity contribution < 1.29 is 38.7 Å². The van der Waals surface area contributed by atoms with Crippen molar-refractivity contribution in [2.45, 2.75) is 37.1 Å². The van der Waals surface area contributed by atoms with Crippen LogP contribution in [-0.2, 0) is 41.6 Å². The Morgan fingerprint density at radius 2 is 0.949 bits per heavy atom. The minimum absolute atomic E-state index is 0. The molecule has 2 aliphatic heterocycles. The molecule has 0 aliphatic carbocycles. The van der Waals surface area contributed by atoms with Crippen molar-refractivity contribution in [2.75, 3.05) is 117 Å². The summed E-state index contributed by atoms with van der Waals surface area (Å²) in [5.41, 5.74) is 10.2. The van der Waals surface area contributed by atoms with Crippen LogP contribution in [0.15, 0.2) is 97.6 Å². The highest BCUT2D eigenvalue weighted by Crippen LogP contribution is 2.41. The lowest BCUT2D eigenvalue weighted by atomic mass is 9.84. The van der Waals surface area contributed by atoms with E-state index in [-0.39, 0.29) is 63.8 Å². The quantitative estimate of drug-likeness (QED) is 0.0278. The first-order valence-electron chi connectivity index (χ1n) is 25.7. The number of benzene rings is 4. The van der Waals surface area contributed by atoms with Gasteiger partial charge in [-0.25, -0.2) is 19.9 Å². The van der Waals surface area contributed by atoms with Crippen LogP contribution in [0.4, 0.5) is 11.6 Å². The van der Waals surface area contributed by atoms with Gasteiger partial charge >= 0.3 is 0 Å². The van der Waals surface area contributed by atoms with Gasteiger partial charge in [0.2, 0.25) is 0 Å². The second-order valence-electron chi connectivity index (χ2n) is 19.0. The largest absolute Gasteiger partial charge is 0.380 e. The van der Waals surface area contributed by atoms with Crippen LogP contribution in [0.5, 0.6) is 0 Å². The number of amides is 2. The highest BCUT2D eigenvalue weighted by atomic mass is 35.5. The third-order valence-corrected chi connectivity index (χ3v) is 14.4. The number of ether oxygens (including phenoxy) is 4. The van der Waals surface area contributed by atoms with E-state index in [9.17, 15) is 19.8 Å². The molecular weight excluding hydrogens is 1120 g/mol. The minimum atomic E-state index is -1.98. The molecule has 0 saturated carbocycles. The molecule has 6 N–H and O–H groups in total. The van der Waals surface area contributed by atoms with Crippen molar-refractivity contribution in [3.05, 3.63) is 151 Å². The average molecular weight is 1180 g/mol. The summed E-state index contributed by atoms with van der Waals surface area (Å²) in [5, 5.41) is 34.6. The van der Waals surface area contributed by atoms with Gasteiger partial charge in [-0.2, -0.15) is 0 Å². The molecule has 2 aliphatic rings. The summed E-state index contributed by atoms with van der Waals surface area (Å²) < 4.78 is 22.4. The summed E-state index contributed by atoms with van der Waals surface area (Å²) >= 11 is 26.1. The van der Waals surface area contributed by atoms with Crippen molar-refractivity contribution in [1.29, 1.82) is 0 Å². The lowest BCUT2D eigenvalue weighted by Crippen LogP contribution is -2.50. The maximum Gasteiger partial charge on any atom is 0.252 e. The normalized spacial score (nSPS) is 16.0. The fourth-order valence-corrected chi connectivity index (χ4v) is 10.6. The molecule has 4 aromatic carbocycles. The van der Waals surface area contributed by atoms with Gasteiger partial charge < -0.3 is 60.2 Å². The van der Waals surface area contributed by atoms with E-state index >= 15 is 0 Å². The molecule has 2 amide bonds. The highest BCUT2D eigenvalue weighted by molar-refractivity contribution is 6.35. The second-order valence-corrected chi connectivity index (χ2v) is 20.7. The first kappa shape index (κ1) is 61.3. The number of rotatable bonds is 27. The van der Waals surface area contributed by atoms with Gasteiger partial charge in [0.25, 0.3) is 11.8 Å². The Morgan fingerprint density at radius 1 is 0.557 bits per heavy atom. The van der Waals surface area contributed by atoms with Gasteiger partial charge in [0, 0.05) is 108 Å². The summed E-state index contributed by atoms with van der Waals surface area (Å²) in [6, 6.07) is 28.1. The van der Waals surface area contributed by atoms with Crippen LogP contribution in [0.2, 0.25) is 20.1 Å². The van der Waals surface area contributed by atoms with E-state index in [0.717, 1.165) is 82.1 Å². The summed E-state index contributed by atoms with van der Waals surface area (Å²) in [6.45, 7) is 6.40. The molecule has 0 saturated heterocycles. The molecule has 2 aromatic heterocycles. The van der Waals surface area contributed by atoms with E-state index in [2.05, 4.69) is 89.4 Å². The molecule has 4 heterocycles. The molecule has 4 atom stereocenters. The average Bonchev–Trinajstić information content (AvgIpc) is 3.47. The number of fused-ring (bicyclic) bond motifs is 2. The van der Waals surface area contributed by atoms with Crippen LogP contribution >= 0.6 is 58.8 Å². The predicted molar refractivity (Wildman–Crippen MR) is 310 cm³/mol. The summed E-state index contributed by atoms with van der Waals surface area (Å²) in [7, 11) is 4.18. The fourth-order valence-electron chi connectivity index (χ4n) is 9.45. The maximum atomic E-state index is 12.4. The number of carbonyl (C=O) groups excluding carboxylic acids is 2. The van der Waals surface area contributed by atoms with Crippen LogP contribution < -0.4 is 21.3 Å². The SMILES string of the molecule is CN1Cc2c(Cl)cc(Cl)cc2[C@H](c2cccc(-c3cc(NCCOCCOCCNC(=O)[C@H](O)[C@@H](O)C(=O)NCCOCCOCCNc4cc(-c5cccc([C@@H]6CN(C)Cc7c(Cl)cc(Cl)cc76)c5)ncn4)ncn3)c2)C1.Cl. The Morgan fingerprint density at radius 3 is 1.35 bits per heavy atom. The molecule has 0 radical (unpaired) electrons. The van der Waals surface area contributed by atoms with E-state index in [0.29, 0.717) is 71.2 Å². The van der Waals surface area contributed by atoms with Crippen molar-refractivity contribution in [2.24, 2.45) is 0 Å². The standard InChI is InChI=1S/C56H64Cl4N10O8.ClH/c1-69-29-43(41-23-39(57)25-47(59)45(41)31-69)35-5-3-7-37(21-35)49-27-51(67-33-65-49)61-9-13-75-17-19-77-15-11-63-55(73)53(71)54(72)56(74)64-12-16-78-20-18-76-14-10-62-52-28-50(66-34-68-52)38-8-4-6-36(22-38)44-30-70(2)32-46-42(44)24-40(58)26-48(46)60;/h3-8,21-28,33-34,43-44,53-54,71-72H,9-20,29-32H2,1-2H3,(H,63,73)(H,64,74)(H,61,65,67)(H,62,66,68);1H/t43-,44-,53+,54+;/m0./s1. The monoisotopic (exact) mass is 1180 g/mol. The zero-order valence-electron chi connectivity index (χ0n) is 43.8. The van der Waals surface area contributed by atoms with E-state index in [1.165, 1.54) is 12.7 Å². The van der Waals surface area contributed by atoms with Crippen molar-refractivity contribution in [3.63, 3.8) is 0 Å². The second kappa shape index (κ2) is 30.5. The summed E-state index contributed by atoms with van der Waals surface area (Å²) in [5.74, 6) is -0.314. The summed E-state index contributed by atoms with van der Waals surface area (Å²) in [4.78, 5) is 47.1. The van der Waals surface area contributed by atoms with Gasteiger partial charge in [-0.3, -0.25) is 9.59 Å². The number of aliphatic hydroxyl groups is 2. The number of carbonyl (C=O) groups is 2. The van der Waals surface area contributed by atoms with E-state index in [1.54, 1.807) is 12.1 Å². The first-order chi connectivity index (χ1) is 37.8. The first-order valence-corrected chi connectivity index (χ1v) is 27.2. The van der Waals surface area contributed by atoms with Crippen LogP contribution in [0.1, 0.15) is 45.2 Å². The number of aliphatic hydroxyl groups excluding tert-OH is 2. The molecule has 0 bridgehead atoms. The Kier molecular flexibility index (Phi) is 23.7. The zero-order chi connectivity index (χ0) is 55.0. The number of hydrogen-bond acceptors (Lipinski definition) is 16. The van der Waals surface area contributed by atoms with Crippen molar-refractivity contribution in [1.82, 2.24) is 40.4 Å². The van der Waals surface area contributed by atoms with Gasteiger partial charge in [0.05, 0.1) is 64.2 Å². The number of nitrogens with zero attached hydrogens (tertiary/aromatic N) is 6. The van der Waals surface area contributed by atoms with Gasteiger partial charge in [-0.15, -0.1) is 12.4 Å². The Balaban J connectivity index is 0.00000903. The number of halogens is 5. The van der Waals surface area contributed by atoms with Gasteiger partial charge in [-0.1, -0.05) is 82.8 Å².